The first-order valence-electron chi connectivity index (χ1n) is 20.4. The molecule has 61 heavy (non-hydrogen) atoms. The van der Waals surface area contributed by atoms with Crippen LogP contribution in [0.15, 0.2) is 170 Å². The Morgan fingerprint density at radius 1 is 0.492 bits per heavy atom. The summed E-state index contributed by atoms with van der Waals surface area (Å²) in [5, 5.41) is 0. The highest BCUT2D eigenvalue weighted by Gasteiger charge is 2.18. The number of ketones is 1. The Kier molecular flexibility index (Phi) is 13.0. The molecule has 0 bridgehead atoms. The second-order valence-electron chi connectivity index (χ2n) is 14.8. The van der Waals surface area contributed by atoms with Gasteiger partial charge in [-0.15, -0.1) is 0 Å². The van der Waals surface area contributed by atoms with Crippen LogP contribution in [0.4, 0.5) is 34.1 Å². The van der Waals surface area contributed by atoms with Gasteiger partial charge in [-0.3, -0.25) is 4.79 Å². The molecule has 0 aliphatic heterocycles. The third-order valence-electron chi connectivity index (χ3n) is 10.6. The third kappa shape index (κ3) is 9.76. The van der Waals surface area contributed by atoms with Crippen molar-refractivity contribution in [3.8, 4) is 22.3 Å². The summed E-state index contributed by atoms with van der Waals surface area (Å²) in [5.74, 6) is -0.0284. The number of para-hydroxylation sites is 2. The number of anilines is 6. The van der Waals surface area contributed by atoms with Gasteiger partial charge >= 0.3 is 5.97 Å². The van der Waals surface area contributed by atoms with E-state index in [0.29, 0.717) is 25.9 Å². The Morgan fingerprint density at radius 2 is 0.885 bits per heavy atom. The Labute approximate surface area is 361 Å². The zero-order valence-corrected chi connectivity index (χ0v) is 35.1. The molecule has 0 amide bonds. The van der Waals surface area contributed by atoms with Crippen molar-refractivity contribution in [2.45, 2.75) is 32.6 Å². The number of methoxy groups -OCH3 is 1. The van der Waals surface area contributed by atoms with E-state index >= 15 is 0 Å². The highest BCUT2D eigenvalue weighted by molar-refractivity contribution is 7.00. The second kappa shape index (κ2) is 19.4. The smallest absolute Gasteiger partial charge is 0.306 e. The van der Waals surface area contributed by atoms with Gasteiger partial charge in [0.1, 0.15) is 23.4 Å². The lowest BCUT2D eigenvalue weighted by Crippen LogP contribution is -2.11. The van der Waals surface area contributed by atoms with Crippen LogP contribution in [0.1, 0.15) is 30.9 Å². The van der Waals surface area contributed by atoms with E-state index in [0.717, 1.165) is 85.0 Å². The zero-order chi connectivity index (χ0) is 42.0. The minimum atomic E-state index is -0.227. The number of nitrogens with zero attached hydrogens (tertiary/aromatic N) is 4. The summed E-state index contributed by atoms with van der Waals surface area (Å²) in [6.07, 6.45) is 2.20. The van der Waals surface area contributed by atoms with Crippen molar-refractivity contribution in [1.29, 1.82) is 0 Å². The Balaban J connectivity index is 1.03. The summed E-state index contributed by atoms with van der Waals surface area (Å²) in [6, 6.07) is 58.9. The number of Topliss-reactive ketones (excluding diaryl/α,β-unsaturated/α-hetero) is 1. The fourth-order valence-electron chi connectivity index (χ4n) is 7.46. The van der Waals surface area contributed by atoms with E-state index < -0.39 is 0 Å². The molecule has 0 saturated heterocycles. The van der Waals surface area contributed by atoms with E-state index in [1.54, 1.807) is 14.0 Å². The van der Waals surface area contributed by atoms with E-state index in [2.05, 4.69) is 143 Å². The number of benzene rings is 7. The lowest BCUT2D eigenvalue weighted by molar-refractivity contribution is -0.144. The first kappa shape index (κ1) is 40.8. The van der Waals surface area contributed by atoms with Crippen LogP contribution in [-0.4, -0.2) is 40.8 Å². The van der Waals surface area contributed by atoms with Gasteiger partial charge in [0.2, 0.25) is 0 Å². The molecule has 1 heterocycles. The molecule has 1 aromatic heterocycles. The number of carbonyl (C=O) groups excluding carboxylic acids is 2. The molecule has 0 N–H and O–H groups in total. The van der Waals surface area contributed by atoms with Crippen molar-refractivity contribution in [2.75, 3.05) is 30.1 Å². The van der Waals surface area contributed by atoms with Crippen molar-refractivity contribution in [3.05, 3.63) is 181 Å². The van der Waals surface area contributed by atoms with Crippen LogP contribution < -0.4 is 9.80 Å². The van der Waals surface area contributed by atoms with Gasteiger partial charge in [0, 0.05) is 65.2 Å². The summed E-state index contributed by atoms with van der Waals surface area (Å²) in [6.45, 7) is 2.30. The Hall–Kier alpha value is -6.94. The predicted octanol–water partition coefficient (Wildman–Crippen LogP) is 12.6. The van der Waals surface area contributed by atoms with Gasteiger partial charge in [-0.2, -0.15) is 8.75 Å². The molecule has 7 aromatic carbocycles. The van der Waals surface area contributed by atoms with Crippen molar-refractivity contribution < 1.29 is 19.1 Å². The first-order chi connectivity index (χ1) is 29.9. The molecule has 8 rings (SSSR count). The van der Waals surface area contributed by atoms with E-state index in [1.807, 2.05) is 36.4 Å². The van der Waals surface area contributed by atoms with Crippen LogP contribution in [0, 0.1) is 0 Å². The van der Waals surface area contributed by atoms with Gasteiger partial charge in [0.25, 0.3) is 0 Å². The zero-order valence-electron chi connectivity index (χ0n) is 34.2. The van der Waals surface area contributed by atoms with Crippen molar-refractivity contribution in [3.63, 3.8) is 0 Å². The predicted molar refractivity (Wildman–Crippen MR) is 248 cm³/mol. The van der Waals surface area contributed by atoms with Crippen LogP contribution in [0.25, 0.3) is 33.3 Å². The lowest BCUT2D eigenvalue weighted by Gasteiger charge is -2.26. The van der Waals surface area contributed by atoms with Gasteiger partial charge < -0.3 is 24.1 Å². The minimum Gasteiger partial charge on any atom is -0.463 e. The average molecular weight is 823 g/mol. The summed E-state index contributed by atoms with van der Waals surface area (Å²) in [5.41, 5.74) is 14.3. The fourth-order valence-corrected chi connectivity index (χ4v) is 8.04. The molecule has 0 aliphatic rings. The number of ether oxygens (including phenoxy) is 2. The molecule has 0 spiro atoms. The number of esters is 1. The summed E-state index contributed by atoms with van der Waals surface area (Å²) >= 11 is 1.23. The van der Waals surface area contributed by atoms with E-state index in [1.165, 1.54) is 11.7 Å². The maximum absolute atomic E-state index is 12.2. The third-order valence-corrected chi connectivity index (χ3v) is 11.2. The molecule has 0 atom stereocenters. The largest absolute Gasteiger partial charge is 0.463 e. The Bertz CT molecular complexity index is 2690. The molecule has 0 radical (unpaired) electrons. The van der Waals surface area contributed by atoms with Crippen molar-refractivity contribution in [2.24, 2.45) is 0 Å². The number of hydrogen-bond donors (Lipinski definition) is 0. The van der Waals surface area contributed by atoms with E-state index in [-0.39, 0.29) is 18.4 Å². The number of rotatable bonds is 17. The fraction of sp³-hybridized carbons (Fsp3) is 0.154. The maximum atomic E-state index is 12.2. The topological polar surface area (TPSA) is 84.9 Å². The van der Waals surface area contributed by atoms with Gasteiger partial charge in [0.15, 0.2) is 0 Å². The van der Waals surface area contributed by atoms with Gasteiger partial charge in [-0.05, 0) is 115 Å². The molecule has 8 aromatic rings. The second-order valence-corrected chi connectivity index (χ2v) is 15.3. The van der Waals surface area contributed by atoms with Crippen LogP contribution in [0.5, 0.6) is 0 Å². The van der Waals surface area contributed by atoms with Crippen LogP contribution >= 0.6 is 11.7 Å². The number of hydrogen-bond acceptors (Lipinski definition) is 9. The molecule has 0 unspecified atom stereocenters. The van der Waals surface area contributed by atoms with Gasteiger partial charge in [-0.1, -0.05) is 97.1 Å². The molecular formula is C52H46N4O4S. The monoisotopic (exact) mass is 822 g/mol. The summed E-state index contributed by atoms with van der Waals surface area (Å²) in [7, 11) is 1.59. The van der Waals surface area contributed by atoms with Crippen molar-refractivity contribution >= 4 is 68.6 Å². The maximum Gasteiger partial charge on any atom is 0.306 e. The highest BCUT2D eigenvalue weighted by Crippen LogP contribution is 2.40. The normalized spacial score (nSPS) is 11.0. The minimum absolute atomic E-state index is 0.198. The molecule has 9 heteroatoms. The van der Waals surface area contributed by atoms with E-state index in [4.69, 9.17) is 18.2 Å². The quantitative estimate of drug-likeness (QED) is 0.0663. The van der Waals surface area contributed by atoms with Crippen LogP contribution in [0.2, 0.25) is 0 Å². The number of fused-ring (bicyclic) bond motifs is 1. The summed E-state index contributed by atoms with van der Waals surface area (Å²) < 4.78 is 19.8. The van der Waals surface area contributed by atoms with Gasteiger partial charge in [-0.25, -0.2) is 0 Å². The van der Waals surface area contributed by atoms with Crippen LogP contribution in [0.3, 0.4) is 0 Å². The first-order valence-corrected chi connectivity index (χ1v) is 21.2. The molecular weight excluding hydrogens is 777 g/mol. The molecule has 8 nitrogen and oxygen atoms in total. The van der Waals surface area contributed by atoms with Crippen LogP contribution in [-0.2, 0) is 31.9 Å². The van der Waals surface area contributed by atoms with Crippen molar-refractivity contribution in [1.82, 2.24) is 8.75 Å². The standard InChI is InChI=1S/C52H46N4O4S/c1-37(57)13-14-38-15-24-44(25-16-38)55(42-9-5-3-6-10-42)46-28-20-40(21-29-46)48-32-33-49(52-51(48)53-61-54-52)41-22-30-47(31-23-41)56(43-11-7-4-8-12-43)45-26-17-39(18-27-45)19-34-50(58)60-36-35-59-2/h3-12,15-18,20-33H,13-14,19,34-36H2,1-2H3. The van der Waals surface area contributed by atoms with Gasteiger partial charge in [0.05, 0.1) is 18.3 Å². The van der Waals surface area contributed by atoms with E-state index in [9.17, 15) is 9.59 Å². The highest BCUT2D eigenvalue weighted by atomic mass is 32.1. The average Bonchev–Trinajstić information content (AvgIpc) is 3.80. The number of carbonyl (C=O) groups is 2. The molecule has 0 saturated carbocycles. The number of aromatic nitrogens is 2. The SMILES string of the molecule is COCCOC(=O)CCc1ccc(N(c2ccccc2)c2ccc(-c3ccc(-c4ccc(N(c5ccccc5)c5ccc(CCC(C)=O)cc5)cc4)c4nsnc34)cc2)cc1. The Morgan fingerprint density at radius 3 is 1.30 bits per heavy atom. The summed E-state index contributed by atoms with van der Waals surface area (Å²) in [4.78, 5) is 28.2. The molecule has 0 fully saturated rings. The molecule has 0 aliphatic carbocycles. The lowest BCUT2D eigenvalue weighted by atomic mass is 9.97. The number of aryl methyl sites for hydroxylation is 2. The molecule has 304 valence electrons.